The summed E-state index contributed by atoms with van der Waals surface area (Å²) in [5.74, 6) is 0. The number of nitrogens with one attached hydrogen (secondary N) is 2. The quantitative estimate of drug-likeness (QED) is 0.831. The molecule has 2 aromatic carbocycles. The van der Waals surface area contributed by atoms with Gasteiger partial charge in [-0.2, -0.15) is 0 Å². The molecular formula is C15H16ClN3S. The van der Waals surface area contributed by atoms with Gasteiger partial charge in [-0.05, 0) is 48.6 Å². The molecule has 0 aliphatic carbocycles. The highest BCUT2D eigenvalue weighted by Gasteiger charge is 2.02. The third-order valence-corrected chi connectivity index (χ3v) is 3.30. The van der Waals surface area contributed by atoms with E-state index in [1.165, 1.54) is 0 Å². The molecular weight excluding hydrogens is 290 g/mol. The molecule has 0 atom stereocenters. The van der Waals surface area contributed by atoms with E-state index in [4.69, 9.17) is 23.8 Å². The lowest BCUT2D eigenvalue weighted by Crippen LogP contribution is -2.19. The van der Waals surface area contributed by atoms with Gasteiger partial charge in [-0.3, -0.25) is 0 Å². The Balaban J connectivity index is 1.99. The Morgan fingerprint density at radius 2 is 1.65 bits per heavy atom. The molecule has 0 aliphatic rings. The first-order valence-corrected chi connectivity index (χ1v) is 6.95. The van der Waals surface area contributed by atoms with Crippen molar-refractivity contribution in [3.8, 4) is 0 Å². The molecule has 20 heavy (non-hydrogen) atoms. The van der Waals surface area contributed by atoms with Gasteiger partial charge in [0.1, 0.15) is 0 Å². The van der Waals surface area contributed by atoms with Gasteiger partial charge in [-0.25, -0.2) is 0 Å². The molecule has 0 heterocycles. The first kappa shape index (κ1) is 14.6. The molecule has 0 unspecified atom stereocenters. The molecule has 5 heteroatoms. The maximum Gasteiger partial charge on any atom is 0.175 e. The van der Waals surface area contributed by atoms with Crippen LogP contribution in [0.2, 0.25) is 5.02 Å². The van der Waals surface area contributed by atoms with Crippen molar-refractivity contribution in [2.75, 3.05) is 29.6 Å². The van der Waals surface area contributed by atoms with Crippen LogP contribution in [0, 0.1) is 0 Å². The largest absolute Gasteiger partial charge is 0.378 e. The Labute approximate surface area is 129 Å². The third-order valence-electron chi connectivity index (χ3n) is 2.76. The lowest BCUT2D eigenvalue weighted by molar-refractivity contribution is 1.13. The third kappa shape index (κ3) is 3.85. The summed E-state index contributed by atoms with van der Waals surface area (Å²) in [6.07, 6.45) is 0. The van der Waals surface area contributed by atoms with Crippen molar-refractivity contribution in [2.45, 2.75) is 0 Å². The van der Waals surface area contributed by atoms with E-state index in [1.807, 2.05) is 67.5 Å². The highest BCUT2D eigenvalue weighted by atomic mass is 35.5. The number of thiocarbonyl (C=S) groups is 1. The van der Waals surface area contributed by atoms with Crippen molar-refractivity contribution >= 4 is 46.0 Å². The van der Waals surface area contributed by atoms with Crippen LogP contribution >= 0.6 is 23.8 Å². The monoisotopic (exact) mass is 305 g/mol. The molecule has 2 aromatic rings. The predicted octanol–water partition coefficient (Wildman–Crippen LogP) is 4.21. The van der Waals surface area contributed by atoms with Crippen LogP contribution in [0.5, 0.6) is 0 Å². The van der Waals surface area contributed by atoms with Gasteiger partial charge in [-0.1, -0.05) is 23.7 Å². The zero-order valence-electron chi connectivity index (χ0n) is 11.4. The first-order chi connectivity index (χ1) is 9.56. The van der Waals surface area contributed by atoms with Crippen molar-refractivity contribution in [3.05, 3.63) is 53.6 Å². The van der Waals surface area contributed by atoms with Gasteiger partial charge >= 0.3 is 0 Å². The minimum absolute atomic E-state index is 0.510. The number of hydrogen-bond acceptors (Lipinski definition) is 2. The number of anilines is 3. The molecule has 0 radical (unpaired) electrons. The van der Waals surface area contributed by atoms with Crippen LogP contribution < -0.4 is 15.5 Å². The van der Waals surface area contributed by atoms with Crippen LogP contribution in [-0.4, -0.2) is 19.2 Å². The van der Waals surface area contributed by atoms with E-state index >= 15 is 0 Å². The van der Waals surface area contributed by atoms with Crippen molar-refractivity contribution in [1.82, 2.24) is 0 Å². The number of halogens is 1. The Kier molecular flexibility index (Phi) is 4.82. The SMILES string of the molecule is CN(C)c1ccc(NC(=S)Nc2ccccc2Cl)cc1. The Hall–Kier alpha value is -1.78. The minimum Gasteiger partial charge on any atom is -0.378 e. The summed E-state index contributed by atoms with van der Waals surface area (Å²) in [6, 6.07) is 15.5. The van der Waals surface area contributed by atoms with Crippen LogP contribution in [0.25, 0.3) is 0 Å². The molecule has 0 saturated heterocycles. The number of para-hydroxylation sites is 1. The van der Waals surface area contributed by atoms with Gasteiger partial charge in [0.2, 0.25) is 0 Å². The minimum atomic E-state index is 0.510. The fourth-order valence-corrected chi connectivity index (χ4v) is 2.10. The molecule has 2 N–H and O–H groups in total. The van der Waals surface area contributed by atoms with Gasteiger partial charge in [0.25, 0.3) is 0 Å². The van der Waals surface area contributed by atoms with Gasteiger partial charge in [0.05, 0.1) is 10.7 Å². The second-order valence-electron chi connectivity index (χ2n) is 4.50. The fourth-order valence-electron chi connectivity index (χ4n) is 1.69. The second kappa shape index (κ2) is 6.59. The molecule has 104 valence electrons. The molecule has 0 spiro atoms. The summed E-state index contributed by atoms with van der Waals surface area (Å²) in [7, 11) is 4.01. The van der Waals surface area contributed by atoms with Crippen LogP contribution in [0.15, 0.2) is 48.5 Å². The van der Waals surface area contributed by atoms with E-state index in [2.05, 4.69) is 10.6 Å². The first-order valence-electron chi connectivity index (χ1n) is 6.16. The van der Waals surface area contributed by atoms with Crippen LogP contribution in [0.1, 0.15) is 0 Å². The highest BCUT2D eigenvalue weighted by Crippen LogP contribution is 2.21. The Morgan fingerprint density at radius 1 is 1.00 bits per heavy atom. The van der Waals surface area contributed by atoms with Crippen molar-refractivity contribution < 1.29 is 0 Å². The van der Waals surface area contributed by atoms with E-state index in [1.54, 1.807) is 0 Å². The number of rotatable bonds is 3. The Bertz CT molecular complexity index is 596. The summed E-state index contributed by atoms with van der Waals surface area (Å²) in [5, 5.41) is 7.35. The maximum atomic E-state index is 6.07. The standard InChI is InChI=1S/C15H16ClN3S/c1-19(2)12-9-7-11(8-10-12)17-15(20)18-14-6-4-3-5-13(14)16/h3-10H,1-2H3,(H2,17,18,20). The number of nitrogens with zero attached hydrogens (tertiary/aromatic N) is 1. The van der Waals surface area contributed by atoms with E-state index in [-0.39, 0.29) is 0 Å². The molecule has 0 amide bonds. The van der Waals surface area contributed by atoms with Crippen LogP contribution in [0.4, 0.5) is 17.1 Å². The summed E-state index contributed by atoms with van der Waals surface area (Å²) < 4.78 is 0. The molecule has 2 rings (SSSR count). The van der Waals surface area contributed by atoms with Gasteiger partial charge in [0, 0.05) is 25.5 Å². The Morgan fingerprint density at radius 3 is 2.25 bits per heavy atom. The lowest BCUT2D eigenvalue weighted by atomic mass is 10.2. The average molecular weight is 306 g/mol. The topological polar surface area (TPSA) is 27.3 Å². The van der Waals surface area contributed by atoms with E-state index in [0.717, 1.165) is 17.1 Å². The lowest BCUT2D eigenvalue weighted by Gasteiger charge is -2.14. The highest BCUT2D eigenvalue weighted by molar-refractivity contribution is 7.80. The van der Waals surface area contributed by atoms with E-state index in [9.17, 15) is 0 Å². The molecule has 0 bridgehead atoms. The zero-order chi connectivity index (χ0) is 14.5. The summed E-state index contributed by atoms with van der Waals surface area (Å²) in [6.45, 7) is 0. The van der Waals surface area contributed by atoms with Crippen LogP contribution in [0.3, 0.4) is 0 Å². The summed E-state index contributed by atoms with van der Waals surface area (Å²) in [4.78, 5) is 2.05. The molecule has 0 fully saturated rings. The smallest absolute Gasteiger partial charge is 0.175 e. The summed E-state index contributed by atoms with van der Waals surface area (Å²) >= 11 is 11.3. The molecule has 0 aromatic heterocycles. The average Bonchev–Trinajstić information content (AvgIpc) is 2.42. The van der Waals surface area contributed by atoms with Crippen molar-refractivity contribution in [3.63, 3.8) is 0 Å². The predicted molar refractivity (Wildman–Crippen MR) is 92.1 cm³/mol. The maximum absolute atomic E-state index is 6.07. The zero-order valence-corrected chi connectivity index (χ0v) is 12.9. The van der Waals surface area contributed by atoms with E-state index < -0.39 is 0 Å². The normalized spacial score (nSPS) is 9.95. The number of benzene rings is 2. The van der Waals surface area contributed by atoms with Gasteiger partial charge < -0.3 is 15.5 Å². The molecule has 3 nitrogen and oxygen atoms in total. The van der Waals surface area contributed by atoms with Gasteiger partial charge in [-0.15, -0.1) is 0 Å². The van der Waals surface area contributed by atoms with Gasteiger partial charge in [0.15, 0.2) is 5.11 Å². The van der Waals surface area contributed by atoms with Crippen molar-refractivity contribution in [1.29, 1.82) is 0 Å². The second-order valence-corrected chi connectivity index (χ2v) is 5.32. The van der Waals surface area contributed by atoms with Crippen molar-refractivity contribution in [2.24, 2.45) is 0 Å². The van der Waals surface area contributed by atoms with E-state index in [0.29, 0.717) is 10.1 Å². The van der Waals surface area contributed by atoms with Crippen LogP contribution in [-0.2, 0) is 0 Å². The summed E-state index contributed by atoms with van der Waals surface area (Å²) in [5.41, 5.74) is 2.86. The fraction of sp³-hybridized carbons (Fsp3) is 0.133. The number of hydrogen-bond donors (Lipinski definition) is 2. The molecule has 0 aliphatic heterocycles. The molecule has 0 saturated carbocycles.